The SMILES string of the molecule is Cc1cc(-c2nnn(C[C@H]3CC[C@@H](O)CC3)n2)cc(C(=O)NCc2ccc(F)c(Cl)c2)n1. The van der Waals surface area contributed by atoms with Gasteiger partial charge in [-0.15, -0.1) is 10.2 Å². The molecule has 4 rings (SSSR count). The molecule has 1 saturated carbocycles. The van der Waals surface area contributed by atoms with Crippen LogP contribution in [0.4, 0.5) is 4.39 Å². The van der Waals surface area contributed by atoms with Crippen LogP contribution in [-0.4, -0.2) is 42.3 Å². The molecule has 0 atom stereocenters. The van der Waals surface area contributed by atoms with Crippen LogP contribution in [0.15, 0.2) is 30.3 Å². The number of pyridine rings is 1. The van der Waals surface area contributed by atoms with Crippen molar-refractivity contribution in [3.05, 3.63) is 58.1 Å². The summed E-state index contributed by atoms with van der Waals surface area (Å²) in [6.07, 6.45) is 3.29. The number of amides is 1. The number of rotatable bonds is 6. The second-order valence-corrected chi connectivity index (χ2v) is 8.56. The number of carbonyl (C=O) groups is 1. The number of aryl methyl sites for hydroxylation is 1. The number of hydrogen-bond acceptors (Lipinski definition) is 6. The van der Waals surface area contributed by atoms with Crippen molar-refractivity contribution in [3.8, 4) is 11.4 Å². The van der Waals surface area contributed by atoms with Gasteiger partial charge in [-0.25, -0.2) is 9.37 Å². The fourth-order valence-corrected chi connectivity index (χ4v) is 4.03. The highest BCUT2D eigenvalue weighted by molar-refractivity contribution is 6.30. The fourth-order valence-electron chi connectivity index (χ4n) is 3.83. The number of tetrazole rings is 1. The number of aromatic nitrogens is 5. The Morgan fingerprint density at radius 2 is 2.03 bits per heavy atom. The van der Waals surface area contributed by atoms with E-state index in [2.05, 4.69) is 25.7 Å². The third-order valence-corrected chi connectivity index (χ3v) is 5.86. The summed E-state index contributed by atoms with van der Waals surface area (Å²) in [7, 11) is 0. The van der Waals surface area contributed by atoms with Crippen LogP contribution >= 0.6 is 11.6 Å². The van der Waals surface area contributed by atoms with E-state index in [4.69, 9.17) is 11.6 Å². The van der Waals surface area contributed by atoms with Crippen LogP contribution in [0.5, 0.6) is 0 Å². The summed E-state index contributed by atoms with van der Waals surface area (Å²) in [5, 5.41) is 25.2. The Bertz CT molecular complexity index is 1110. The summed E-state index contributed by atoms with van der Waals surface area (Å²) < 4.78 is 13.3. The number of benzene rings is 1. The number of nitrogens with zero attached hydrogens (tertiary/aromatic N) is 5. The molecule has 0 bridgehead atoms. The Balaban J connectivity index is 1.43. The van der Waals surface area contributed by atoms with Gasteiger partial charge in [-0.1, -0.05) is 17.7 Å². The van der Waals surface area contributed by atoms with E-state index < -0.39 is 5.82 Å². The molecule has 0 saturated heterocycles. The molecule has 0 aliphatic heterocycles. The lowest BCUT2D eigenvalue weighted by atomic mass is 9.88. The highest BCUT2D eigenvalue weighted by Crippen LogP contribution is 2.25. The Kier molecular flexibility index (Phi) is 6.76. The first-order chi connectivity index (χ1) is 15.4. The van der Waals surface area contributed by atoms with E-state index in [1.165, 1.54) is 12.1 Å². The van der Waals surface area contributed by atoms with Gasteiger partial charge in [0.25, 0.3) is 5.91 Å². The number of carbonyl (C=O) groups excluding carboxylic acids is 1. The Morgan fingerprint density at radius 1 is 1.25 bits per heavy atom. The lowest BCUT2D eigenvalue weighted by Gasteiger charge is -2.24. The molecule has 32 heavy (non-hydrogen) atoms. The summed E-state index contributed by atoms with van der Waals surface area (Å²) >= 11 is 5.79. The molecule has 2 aromatic heterocycles. The number of hydrogen-bond donors (Lipinski definition) is 2. The molecule has 1 amide bonds. The van der Waals surface area contributed by atoms with Gasteiger partial charge in [-0.2, -0.15) is 4.80 Å². The lowest BCUT2D eigenvalue weighted by molar-refractivity contribution is 0.0945. The maximum atomic E-state index is 13.3. The van der Waals surface area contributed by atoms with Crippen molar-refractivity contribution in [1.82, 2.24) is 30.5 Å². The van der Waals surface area contributed by atoms with Crippen LogP contribution in [0, 0.1) is 18.7 Å². The van der Waals surface area contributed by atoms with E-state index in [1.807, 2.05) is 0 Å². The van der Waals surface area contributed by atoms with Crippen molar-refractivity contribution in [2.45, 2.75) is 51.8 Å². The number of halogens is 2. The molecule has 1 aliphatic carbocycles. The number of aliphatic hydroxyl groups is 1. The van der Waals surface area contributed by atoms with Crippen LogP contribution in [-0.2, 0) is 13.1 Å². The normalized spacial score (nSPS) is 18.5. The fraction of sp³-hybridized carbons (Fsp3) is 0.409. The zero-order valence-corrected chi connectivity index (χ0v) is 18.4. The molecule has 3 aromatic rings. The lowest BCUT2D eigenvalue weighted by Crippen LogP contribution is -2.24. The molecule has 1 aliphatic rings. The minimum Gasteiger partial charge on any atom is -0.393 e. The molecule has 1 fully saturated rings. The number of aliphatic hydroxyl groups excluding tert-OH is 1. The summed E-state index contributed by atoms with van der Waals surface area (Å²) in [6, 6.07) is 7.72. The molecule has 0 spiro atoms. The second kappa shape index (κ2) is 9.70. The average molecular weight is 459 g/mol. The third kappa shape index (κ3) is 5.46. The molecule has 1 aromatic carbocycles. The molecule has 8 nitrogen and oxygen atoms in total. The van der Waals surface area contributed by atoms with Crippen molar-refractivity contribution in [1.29, 1.82) is 0 Å². The molecule has 2 heterocycles. The van der Waals surface area contributed by atoms with Crippen LogP contribution in [0.3, 0.4) is 0 Å². The maximum Gasteiger partial charge on any atom is 0.270 e. The third-order valence-electron chi connectivity index (χ3n) is 5.57. The summed E-state index contributed by atoms with van der Waals surface area (Å²) in [6.45, 7) is 2.63. The zero-order chi connectivity index (χ0) is 22.7. The van der Waals surface area contributed by atoms with E-state index in [-0.39, 0.29) is 29.3 Å². The number of nitrogens with one attached hydrogen (secondary N) is 1. The van der Waals surface area contributed by atoms with Gasteiger partial charge in [-0.05, 0) is 73.6 Å². The summed E-state index contributed by atoms with van der Waals surface area (Å²) in [5.74, 6) is -0.0384. The average Bonchev–Trinajstić information content (AvgIpc) is 3.24. The van der Waals surface area contributed by atoms with Crippen molar-refractivity contribution in [2.24, 2.45) is 5.92 Å². The van der Waals surface area contributed by atoms with Crippen molar-refractivity contribution < 1.29 is 14.3 Å². The van der Waals surface area contributed by atoms with E-state index in [9.17, 15) is 14.3 Å². The molecule has 2 N–H and O–H groups in total. The largest absolute Gasteiger partial charge is 0.393 e. The van der Waals surface area contributed by atoms with E-state index >= 15 is 0 Å². The van der Waals surface area contributed by atoms with Gasteiger partial charge in [-0.3, -0.25) is 4.79 Å². The van der Waals surface area contributed by atoms with Crippen LogP contribution < -0.4 is 5.32 Å². The molecule has 10 heteroatoms. The Morgan fingerprint density at radius 3 is 2.78 bits per heavy atom. The second-order valence-electron chi connectivity index (χ2n) is 8.16. The topological polar surface area (TPSA) is 106 Å². The quantitative estimate of drug-likeness (QED) is 0.587. The standard InChI is InChI=1S/C22H24ClFN6O2/c1-13-8-16(21-27-29-30(28-21)12-14-2-5-17(31)6-3-14)10-20(26-13)22(32)25-11-15-4-7-19(24)18(23)9-15/h4,7-10,14,17,31H,2-3,5-6,11-12H2,1H3,(H,25,32)/t14-,17+. The van der Waals surface area contributed by atoms with Gasteiger partial charge in [0, 0.05) is 17.8 Å². The highest BCUT2D eigenvalue weighted by Gasteiger charge is 2.21. The highest BCUT2D eigenvalue weighted by atomic mass is 35.5. The van der Waals surface area contributed by atoms with Gasteiger partial charge >= 0.3 is 0 Å². The van der Waals surface area contributed by atoms with Crippen LogP contribution in [0.1, 0.15) is 47.4 Å². The molecule has 0 unspecified atom stereocenters. The van der Waals surface area contributed by atoms with E-state index in [1.54, 1.807) is 29.9 Å². The molecular formula is C22H24ClFN6O2. The van der Waals surface area contributed by atoms with Gasteiger partial charge < -0.3 is 10.4 Å². The predicted molar refractivity (Wildman–Crippen MR) is 116 cm³/mol. The van der Waals surface area contributed by atoms with E-state index in [0.29, 0.717) is 35.1 Å². The van der Waals surface area contributed by atoms with Gasteiger partial charge in [0.1, 0.15) is 11.5 Å². The van der Waals surface area contributed by atoms with E-state index in [0.717, 1.165) is 25.7 Å². The van der Waals surface area contributed by atoms with Crippen LogP contribution in [0.2, 0.25) is 5.02 Å². The monoisotopic (exact) mass is 458 g/mol. The minimum absolute atomic E-state index is 0.00582. The minimum atomic E-state index is -0.506. The zero-order valence-electron chi connectivity index (χ0n) is 17.6. The first-order valence-corrected chi connectivity index (χ1v) is 10.9. The Hall–Kier alpha value is -2.91. The van der Waals surface area contributed by atoms with Gasteiger partial charge in [0.15, 0.2) is 0 Å². The van der Waals surface area contributed by atoms with Crippen LogP contribution in [0.25, 0.3) is 11.4 Å². The van der Waals surface area contributed by atoms with Gasteiger partial charge in [0.05, 0.1) is 17.7 Å². The molecular weight excluding hydrogens is 435 g/mol. The predicted octanol–water partition coefficient (Wildman–Crippen LogP) is 3.32. The van der Waals surface area contributed by atoms with Crippen molar-refractivity contribution in [3.63, 3.8) is 0 Å². The first-order valence-electron chi connectivity index (χ1n) is 10.5. The summed E-state index contributed by atoms with van der Waals surface area (Å²) in [4.78, 5) is 18.5. The Labute approximate surface area is 189 Å². The molecule has 168 valence electrons. The van der Waals surface area contributed by atoms with Crippen molar-refractivity contribution in [2.75, 3.05) is 0 Å². The maximum absolute atomic E-state index is 13.3. The smallest absolute Gasteiger partial charge is 0.270 e. The first kappa shape index (κ1) is 22.3. The van der Waals surface area contributed by atoms with Gasteiger partial charge in [0.2, 0.25) is 5.82 Å². The van der Waals surface area contributed by atoms with Crippen molar-refractivity contribution >= 4 is 17.5 Å². The summed E-state index contributed by atoms with van der Waals surface area (Å²) in [5.41, 5.74) is 2.20. The molecule has 0 radical (unpaired) electrons.